The molecule has 0 aliphatic carbocycles. The number of allylic oxidation sites excluding steroid dienone is 1. The van der Waals surface area contributed by atoms with Gasteiger partial charge < -0.3 is 5.11 Å². The van der Waals surface area contributed by atoms with E-state index in [1.807, 2.05) is 6.08 Å². The van der Waals surface area contributed by atoms with Gasteiger partial charge in [0.05, 0.1) is 6.10 Å². The molecule has 1 heteroatoms. The van der Waals surface area contributed by atoms with Crippen LogP contribution in [0.2, 0.25) is 0 Å². The summed E-state index contributed by atoms with van der Waals surface area (Å²) in [5.74, 6) is 0.509. The highest BCUT2D eigenvalue weighted by molar-refractivity contribution is 4.78. The molecule has 0 bridgehead atoms. The van der Waals surface area contributed by atoms with E-state index in [0.29, 0.717) is 12.3 Å². The summed E-state index contributed by atoms with van der Waals surface area (Å²) in [6.07, 6.45) is 6.01. The van der Waals surface area contributed by atoms with Crippen molar-refractivity contribution in [3.8, 4) is 0 Å². The summed E-state index contributed by atoms with van der Waals surface area (Å²) in [4.78, 5) is 0. The van der Waals surface area contributed by atoms with Crippen LogP contribution in [0.1, 0.15) is 26.2 Å². The third-order valence-electron chi connectivity index (χ3n) is 1.80. The van der Waals surface area contributed by atoms with Gasteiger partial charge in [-0.2, -0.15) is 0 Å². The SMILES string of the molecule is C=CCC(O)CCC(C)C=C. The van der Waals surface area contributed by atoms with Crippen molar-refractivity contribution in [3.63, 3.8) is 0 Å². The lowest BCUT2D eigenvalue weighted by atomic mass is 10.0. The Morgan fingerprint density at radius 2 is 2.00 bits per heavy atom. The Hall–Kier alpha value is -0.560. The van der Waals surface area contributed by atoms with Gasteiger partial charge in [0.2, 0.25) is 0 Å². The van der Waals surface area contributed by atoms with Gasteiger partial charge in [-0.25, -0.2) is 0 Å². The second-order valence-corrected chi connectivity index (χ2v) is 2.97. The van der Waals surface area contributed by atoms with Gasteiger partial charge in [0.15, 0.2) is 0 Å². The molecule has 1 N–H and O–H groups in total. The van der Waals surface area contributed by atoms with Crippen molar-refractivity contribution in [3.05, 3.63) is 25.3 Å². The molecule has 2 atom stereocenters. The van der Waals surface area contributed by atoms with Gasteiger partial charge in [0.25, 0.3) is 0 Å². The first kappa shape index (κ1) is 10.4. The Morgan fingerprint density at radius 3 is 2.45 bits per heavy atom. The summed E-state index contributed by atoms with van der Waals surface area (Å²) >= 11 is 0. The molecule has 0 aromatic rings. The van der Waals surface area contributed by atoms with Crippen LogP contribution in [0.3, 0.4) is 0 Å². The number of hydrogen-bond donors (Lipinski definition) is 1. The van der Waals surface area contributed by atoms with Crippen LogP contribution in [0.4, 0.5) is 0 Å². The van der Waals surface area contributed by atoms with Crippen LogP contribution in [0.25, 0.3) is 0 Å². The summed E-state index contributed by atoms with van der Waals surface area (Å²) in [6, 6.07) is 0. The minimum absolute atomic E-state index is 0.213. The van der Waals surface area contributed by atoms with Gasteiger partial charge in [-0.05, 0) is 25.2 Å². The standard InChI is InChI=1S/C10H18O/c1-4-6-10(11)8-7-9(3)5-2/h4-5,9-11H,1-2,6-8H2,3H3. The Balaban J connectivity index is 3.36. The zero-order valence-electron chi connectivity index (χ0n) is 7.29. The largest absolute Gasteiger partial charge is 0.393 e. The molecular formula is C10H18O. The van der Waals surface area contributed by atoms with Crippen molar-refractivity contribution < 1.29 is 5.11 Å². The zero-order chi connectivity index (χ0) is 8.69. The molecule has 0 rings (SSSR count). The van der Waals surface area contributed by atoms with Crippen LogP contribution >= 0.6 is 0 Å². The zero-order valence-corrected chi connectivity index (χ0v) is 7.29. The number of aliphatic hydroxyl groups is 1. The molecule has 0 spiro atoms. The highest BCUT2D eigenvalue weighted by atomic mass is 16.3. The molecule has 0 fully saturated rings. The quantitative estimate of drug-likeness (QED) is 0.583. The Morgan fingerprint density at radius 1 is 1.36 bits per heavy atom. The van der Waals surface area contributed by atoms with Crippen LogP contribution in [0, 0.1) is 5.92 Å². The second-order valence-electron chi connectivity index (χ2n) is 2.97. The molecule has 0 saturated heterocycles. The lowest BCUT2D eigenvalue weighted by molar-refractivity contribution is 0.161. The van der Waals surface area contributed by atoms with Gasteiger partial charge >= 0.3 is 0 Å². The predicted molar refractivity (Wildman–Crippen MR) is 49.4 cm³/mol. The number of rotatable bonds is 6. The van der Waals surface area contributed by atoms with Crippen LogP contribution in [0.15, 0.2) is 25.3 Å². The van der Waals surface area contributed by atoms with E-state index in [0.717, 1.165) is 12.8 Å². The molecule has 0 aliphatic heterocycles. The molecule has 0 aliphatic rings. The average Bonchev–Trinajstić information content (AvgIpc) is 2.01. The summed E-state index contributed by atoms with van der Waals surface area (Å²) in [6.45, 7) is 9.36. The Labute approximate surface area is 69.4 Å². The fourth-order valence-corrected chi connectivity index (χ4v) is 0.883. The van der Waals surface area contributed by atoms with Crippen molar-refractivity contribution in [2.24, 2.45) is 5.92 Å². The van der Waals surface area contributed by atoms with E-state index >= 15 is 0 Å². The van der Waals surface area contributed by atoms with Gasteiger partial charge in [-0.3, -0.25) is 0 Å². The van der Waals surface area contributed by atoms with Crippen molar-refractivity contribution >= 4 is 0 Å². The summed E-state index contributed by atoms with van der Waals surface area (Å²) in [5.41, 5.74) is 0. The molecule has 1 nitrogen and oxygen atoms in total. The molecule has 0 aromatic heterocycles. The van der Waals surface area contributed by atoms with Crippen LogP contribution in [0.5, 0.6) is 0 Å². The first-order chi connectivity index (χ1) is 5.20. The fraction of sp³-hybridized carbons (Fsp3) is 0.600. The minimum Gasteiger partial charge on any atom is -0.393 e. The monoisotopic (exact) mass is 154 g/mol. The van der Waals surface area contributed by atoms with E-state index in [4.69, 9.17) is 0 Å². The smallest absolute Gasteiger partial charge is 0.0574 e. The third kappa shape index (κ3) is 5.86. The molecular weight excluding hydrogens is 136 g/mol. The van der Waals surface area contributed by atoms with Crippen LogP contribution in [-0.4, -0.2) is 11.2 Å². The number of hydrogen-bond acceptors (Lipinski definition) is 1. The van der Waals surface area contributed by atoms with Crippen LogP contribution < -0.4 is 0 Å². The molecule has 0 aromatic carbocycles. The number of aliphatic hydroxyl groups excluding tert-OH is 1. The summed E-state index contributed by atoms with van der Waals surface area (Å²) in [7, 11) is 0. The van der Waals surface area contributed by atoms with E-state index in [9.17, 15) is 5.11 Å². The summed E-state index contributed by atoms with van der Waals surface area (Å²) < 4.78 is 0. The van der Waals surface area contributed by atoms with E-state index < -0.39 is 0 Å². The van der Waals surface area contributed by atoms with Crippen LogP contribution in [-0.2, 0) is 0 Å². The topological polar surface area (TPSA) is 20.2 Å². The highest BCUT2D eigenvalue weighted by Crippen LogP contribution is 2.10. The minimum atomic E-state index is -0.213. The molecule has 0 heterocycles. The fourth-order valence-electron chi connectivity index (χ4n) is 0.883. The highest BCUT2D eigenvalue weighted by Gasteiger charge is 2.03. The Bertz CT molecular complexity index is 118. The lowest BCUT2D eigenvalue weighted by Gasteiger charge is -2.09. The molecule has 64 valence electrons. The maximum atomic E-state index is 9.29. The van der Waals surface area contributed by atoms with Crippen molar-refractivity contribution in [1.82, 2.24) is 0 Å². The normalized spacial score (nSPS) is 15.5. The van der Waals surface area contributed by atoms with Crippen molar-refractivity contribution in [1.29, 1.82) is 0 Å². The van der Waals surface area contributed by atoms with Gasteiger partial charge in [-0.15, -0.1) is 13.2 Å². The average molecular weight is 154 g/mol. The van der Waals surface area contributed by atoms with Crippen molar-refractivity contribution in [2.45, 2.75) is 32.3 Å². The third-order valence-corrected chi connectivity index (χ3v) is 1.80. The van der Waals surface area contributed by atoms with Gasteiger partial charge in [-0.1, -0.05) is 19.1 Å². The molecule has 2 unspecified atom stereocenters. The molecule has 11 heavy (non-hydrogen) atoms. The second kappa shape index (κ2) is 6.17. The summed E-state index contributed by atoms with van der Waals surface area (Å²) in [5, 5.41) is 9.29. The molecule has 0 radical (unpaired) electrons. The Kier molecular flexibility index (Phi) is 5.86. The van der Waals surface area contributed by atoms with Crippen molar-refractivity contribution in [2.75, 3.05) is 0 Å². The van der Waals surface area contributed by atoms with E-state index in [1.54, 1.807) is 6.08 Å². The van der Waals surface area contributed by atoms with E-state index in [2.05, 4.69) is 20.1 Å². The maximum absolute atomic E-state index is 9.29. The molecule has 0 amide bonds. The van der Waals surface area contributed by atoms with Gasteiger partial charge in [0.1, 0.15) is 0 Å². The first-order valence-corrected chi connectivity index (χ1v) is 4.12. The maximum Gasteiger partial charge on any atom is 0.0574 e. The lowest BCUT2D eigenvalue weighted by Crippen LogP contribution is -2.06. The predicted octanol–water partition coefficient (Wildman–Crippen LogP) is 2.53. The van der Waals surface area contributed by atoms with E-state index in [-0.39, 0.29) is 6.10 Å². The first-order valence-electron chi connectivity index (χ1n) is 4.12. The molecule has 0 saturated carbocycles. The van der Waals surface area contributed by atoms with Gasteiger partial charge in [0, 0.05) is 0 Å². The van der Waals surface area contributed by atoms with E-state index in [1.165, 1.54) is 0 Å².